The monoisotopic (exact) mass is 260 g/mol. The quantitative estimate of drug-likeness (QED) is 0.892. The Morgan fingerprint density at radius 3 is 2.47 bits per heavy atom. The van der Waals surface area contributed by atoms with Gasteiger partial charge in [-0.25, -0.2) is 0 Å². The van der Waals surface area contributed by atoms with Gasteiger partial charge in [0.1, 0.15) is 0 Å². The highest BCUT2D eigenvalue weighted by Crippen LogP contribution is 2.28. The van der Waals surface area contributed by atoms with Crippen molar-refractivity contribution < 1.29 is 0 Å². The van der Waals surface area contributed by atoms with Gasteiger partial charge in [0.2, 0.25) is 0 Å². The van der Waals surface area contributed by atoms with Crippen molar-refractivity contribution in [2.45, 2.75) is 52.2 Å². The van der Waals surface area contributed by atoms with Gasteiger partial charge in [-0.05, 0) is 24.8 Å². The molecule has 106 valence electrons. The topological polar surface area (TPSA) is 15.3 Å². The summed E-state index contributed by atoms with van der Waals surface area (Å²) in [6.07, 6.45) is 1.21. The van der Waals surface area contributed by atoms with Crippen LogP contribution in [0, 0.1) is 5.92 Å². The van der Waals surface area contributed by atoms with Gasteiger partial charge in [-0.2, -0.15) is 0 Å². The number of nitrogens with zero attached hydrogens (tertiary/aromatic N) is 1. The fourth-order valence-electron chi connectivity index (χ4n) is 2.93. The summed E-state index contributed by atoms with van der Waals surface area (Å²) in [4.78, 5) is 2.70. The molecule has 1 aliphatic rings. The summed E-state index contributed by atoms with van der Waals surface area (Å²) in [6, 6.07) is 12.7. The zero-order valence-electron chi connectivity index (χ0n) is 12.8. The van der Waals surface area contributed by atoms with Gasteiger partial charge in [-0.15, -0.1) is 0 Å². The predicted molar refractivity (Wildman–Crippen MR) is 82.3 cm³/mol. The molecule has 1 aromatic rings. The maximum atomic E-state index is 3.70. The highest BCUT2D eigenvalue weighted by molar-refractivity contribution is 5.20. The smallest absolute Gasteiger partial charge is 0.0476 e. The van der Waals surface area contributed by atoms with Crippen LogP contribution in [0.5, 0.6) is 0 Å². The Balaban J connectivity index is 2.20. The molecule has 0 aromatic heterocycles. The maximum Gasteiger partial charge on any atom is 0.0476 e. The summed E-state index contributed by atoms with van der Waals surface area (Å²) in [5, 5.41) is 3.70. The van der Waals surface area contributed by atoms with Crippen LogP contribution in [0.4, 0.5) is 0 Å². The Hall–Kier alpha value is -0.860. The van der Waals surface area contributed by atoms with E-state index in [1.54, 1.807) is 0 Å². The SMILES string of the molecule is CCC1CN(C(C)C(C)C)C(c2ccccc2)CN1. The van der Waals surface area contributed by atoms with E-state index in [1.807, 2.05) is 0 Å². The lowest BCUT2D eigenvalue weighted by Crippen LogP contribution is -2.55. The molecule has 2 heteroatoms. The van der Waals surface area contributed by atoms with Crippen LogP contribution in [0.25, 0.3) is 0 Å². The van der Waals surface area contributed by atoms with E-state index < -0.39 is 0 Å². The first-order valence-corrected chi connectivity index (χ1v) is 7.67. The fraction of sp³-hybridized carbons (Fsp3) is 0.647. The second-order valence-corrected chi connectivity index (χ2v) is 6.12. The Bertz CT molecular complexity index is 374. The van der Waals surface area contributed by atoms with Crippen molar-refractivity contribution >= 4 is 0 Å². The van der Waals surface area contributed by atoms with Crippen LogP contribution in [0.2, 0.25) is 0 Å². The van der Waals surface area contributed by atoms with Crippen molar-refractivity contribution in [1.82, 2.24) is 10.2 Å². The van der Waals surface area contributed by atoms with E-state index in [-0.39, 0.29) is 0 Å². The standard InChI is InChI=1S/C17H28N2/c1-5-16-12-19(14(4)13(2)3)17(11-18-16)15-9-7-6-8-10-15/h6-10,13-14,16-18H,5,11-12H2,1-4H3. The minimum absolute atomic E-state index is 0.515. The number of nitrogens with one attached hydrogen (secondary N) is 1. The van der Waals surface area contributed by atoms with E-state index in [2.05, 4.69) is 68.2 Å². The Kier molecular flexibility index (Phi) is 5.00. The van der Waals surface area contributed by atoms with Crippen LogP contribution in [0.1, 0.15) is 45.7 Å². The van der Waals surface area contributed by atoms with Gasteiger partial charge >= 0.3 is 0 Å². The van der Waals surface area contributed by atoms with Crippen LogP contribution < -0.4 is 5.32 Å². The molecule has 0 radical (unpaired) electrons. The second kappa shape index (κ2) is 6.53. The molecular formula is C17H28N2. The predicted octanol–water partition coefficient (Wildman–Crippen LogP) is 3.46. The maximum absolute atomic E-state index is 3.70. The molecule has 19 heavy (non-hydrogen) atoms. The van der Waals surface area contributed by atoms with E-state index >= 15 is 0 Å². The summed E-state index contributed by atoms with van der Waals surface area (Å²) in [5.41, 5.74) is 1.44. The Labute approximate surface area is 118 Å². The molecule has 0 saturated carbocycles. The zero-order valence-corrected chi connectivity index (χ0v) is 12.8. The number of benzene rings is 1. The molecule has 1 fully saturated rings. The van der Waals surface area contributed by atoms with Crippen molar-refractivity contribution in [3.8, 4) is 0 Å². The van der Waals surface area contributed by atoms with Crippen molar-refractivity contribution in [3.05, 3.63) is 35.9 Å². The van der Waals surface area contributed by atoms with Crippen LogP contribution in [-0.2, 0) is 0 Å². The fourth-order valence-corrected chi connectivity index (χ4v) is 2.93. The third-order valence-electron chi connectivity index (χ3n) is 4.60. The third-order valence-corrected chi connectivity index (χ3v) is 4.60. The van der Waals surface area contributed by atoms with Gasteiger partial charge in [0, 0.05) is 31.2 Å². The van der Waals surface area contributed by atoms with Gasteiger partial charge in [0.15, 0.2) is 0 Å². The van der Waals surface area contributed by atoms with Crippen molar-refractivity contribution in [1.29, 1.82) is 0 Å². The molecule has 0 amide bonds. The lowest BCUT2D eigenvalue weighted by Gasteiger charge is -2.45. The van der Waals surface area contributed by atoms with Crippen molar-refractivity contribution in [2.75, 3.05) is 13.1 Å². The summed E-state index contributed by atoms with van der Waals surface area (Å²) in [7, 11) is 0. The van der Waals surface area contributed by atoms with Gasteiger partial charge in [0.05, 0.1) is 0 Å². The molecule has 1 aromatic carbocycles. The molecule has 3 atom stereocenters. The molecule has 1 N–H and O–H groups in total. The lowest BCUT2D eigenvalue weighted by atomic mass is 9.94. The van der Waals surface area contributed by atoms with E-state index in [4.69, 9.17) is 0 Å². The zero-order chi connectivity index (χ0) is 13.8. The normalized spacial score (nSPS) is 26.6. The average Bonchev–Trinajstić information content (AvgIpc) is 2.46. The van der Waals surface area contributed by atoms with Gasteiger partial charge in [-0.3, -0.25) is 4.90 Å². The van der Waals surface area contributed by atoms with E-state index in [0.717, 1.165) is 13.1 Å². The first-order chi connectivity index (χ1) is 9.13. The minimum Gasteiger partial charge on any atom is -0.311 e. The summed E-state index contributed by atoms with van der Waals surface area (Å²) < 4.78 is 0. The van der Waals surface area contributed by atoms with Crippen LogP contribution in [0.15, 0.2) is 30.3 Å². The molecule has 0 bridgehead atoms. The summed E-state index contributed by atoms with van der Waals surface area (Å²) >= 11 is 0. The van der Waals surface area contributed by atoms with Crippen molar-refractivity contribution in [3.63, 3.8) is 0 Å². The highest BCUT2D eigenvalue weighted by Gasteiger charge is 2.32. The van der Waals surface area contributed by atoms with Crippen LogP contribution in [0.3, 0.4) is 0 Å². The number of piperazine rings is 1. The van der Waals surface area contributed by atoms with E-state index in [0.29, 0.717) is 24.0 Å². The first-order valence-electron chi connectivity index (χ1n) is 7.67. The first kappa shape index (κ1) is 14.5. The van der Waals surface area contributed by atoms with Crippen LogP contribution in [-0.4, -0.2) is 30.1 Å². The molecule has 0 aliphatic carbocycles. The number of hydrogen-bond donors (Lipinski definition) is 1. The van der Waals surface area contributed by atoms with E-state index in [1.165, 1.54) is 12.0 Å². The molecular weight excluding hydrogens is 232 g/mol. The van der Waals surface area contributed by atoms with Gasteiger partial charge in [0.25, 0.3) is 0 Å². The Morgan fingerprint density at radius 2 is 1.89 bits per heavy atom. The number of rotatable bonds is 4. The van der Waals surface area contributed by atoms with Gasteiger partial charge < -0.3 is 5.32 Å². The van der Waals surface area contributed by atoms with Crippen LogP contribution >= 0.6 is 0 Å². The Morgan fingerprint density at radius 1 is 1.21 bits per heavy atom. The van der Waals surface area contributed by atoms with Gasteiger partial charge in [-0.1, -0.05) is 51.1 Å². The highest BCUT2D eigenvalue weighted by atomic mass is 15.3. The molecule has 3 unspecified atom stereocenters. The molecule has 2 nitrogen and oxygen atoms in total. The molecule has 1 heterocycles. The minimum atomic E-state index is 0.515. The van der Waals surface area contributed by atoms with Crippen molar-refractivity contribution in [2.24, 2.45) is 5.92 Å². The summed E-state index contributed by atoms with van der Waals surface area (Å²) in [5.74, 6) is 0.696. The molecule has 1 saturated heterocycles. The average molecular weight is 260 g/mol. The number of hydrogen-bond acceptors (Lipinski definition) is 2. The lowest BCUT2D eigenvalue weighted by molar-refractivity contribution is 0.0658. The van der Waals surface area contributed by atoms with E-state index in [9.17, 15) is 0 Å². The summed E-state index contributed by atoms with van der Waals surface area (Å²) in [6.45, 7) is 11.5. The largest absolute Gasteiger partial charge is 0.311 e. The molecule has 0 spiro atoms. The molecule has 1 aliphatic heterocycles. The molecule has 2 rings (SSSR count). The second-order valence-electron chi connectivity index (χ2n) is 6.12. The third kappa shape index (κ3) is 3.37.